The van der Waals surface area contributed by atoms with Gasteiger partial charge in [0.15, 0.2) is 0 Å². The number of benzene rings is 2. The zero-order valence-corrected chi connectivity index (χ0v) is 16.2. The van der Waals surface area contributed by atoms with E-state index in [9.17, 15) is 18.0 Å². The quantitative estimate of drug-likeness (QED) is 0.749. The number of hydrogen-bond acceptors (Lipinski definition) is 6. The van der Waals surface area contributed by atoms with Crippen LogP contribution >= 0.6 is 0 Å². The summed E-state index contributed by atoms with van der Waals surface area (Å²) in [5.74, 6) is 0.0179. The van der Waals surface area contributed by atoms with Crippen molar-refractivity contribution in [1.82, 2.24) is 9.62 Å². The Bertz CT molecular complexity index is 988. The van der Waals surface area contributed by atoms with Gasteiger partial charge in [0.05, 0.1) is 18.7 Å². The lowest BCUT2D eigenvalue weighted by Crippen LogP contribution is -2.44. The highest BCUT2D eigenvalue weighted by Gasteiger charge is 2.41. The van der Waals surface area contributed by atoms with Crippen LogP contribution in [0.15, 0.2) is 53.4 Å². The normalized spacial score (nSPS) is 15.6. The van der Waals surface area contributed by atoms with Crippen LogP contribution in [0.1, 0.15) is 17.3 Å². The van der Waals surface area contributed by atoms with Crippen molar-refractivity contribution >= 4 is 21.8 Å². The Morgan fingerprint density at radius 2 is 1.75 bits per heavy atom. The summed E-state index contributed by atoms with van der Waals surface area (Å²) in [5.41, 5.74) is 0.0752. The van der Waals surface area contributed by atoms with Gasteiger partial charge in [0, 0.05) is 0 Å². The van der Waals surface area contributed by atoms with E-state index in [2.05, 4.69) is 5.32 Å². The minimum atomic E-state index is -4.01. The number of methoxy groups -OCH3 is 1. The summed E-state index contributed by atoms with van der Waals surface area (Å²) in [6.07, 6.45) is 0. The molecule has 148 valence electrons. The number of amides is 2. The number of fused-ring (bicyclic) bond motifs is 1. The summed E-state index contributed by atoms with van der Waals surface area (Å²) in [4.78, 5) is 24.5. The SMILES string of the molecule is COc1ccc(OC[C@@H](C)NC(=O)CN2C(=O)c3ccccc3S2(=O)=O)cc1. The first-order chi connectivity index (χ1) is 13.3. The number of rotatable bonds is 7. The van der Waals surface area contributed by atoms with Crippen molar-refractivity contribution in [3.63, 3.8) is 0 Å². The predicted octanol–water partition coefficient (Wildman–Crippen LogP) is 1.42. The van der Waals surface area contributed by atoms with Crippen LogP contribution in [-0.4, -0.2) is 50.8 Å². The van der Waals surface area contributed by atoms with Crippen molar-refractivity contribution in [2.75, 3.05) is 20.3 Å². The maximum absolute atomic E-state index is 12.5. The Morgan fingerprint density at radius 1 is 1.11 bits per heavy atom. The molecular weight excluding hydrogens is 384 g/mol. The molecule has 0 aliphatic carbocycles. The van der Waals surface area contributed by atoms with Crippen molar-refractivity contribution in [3.8, 4) is 11.5 Å². The van der Waals surface area contributed by atoms with E-state index in [1.54, 1.807) is 44.4 Å². The fourth-order valence-corrected chi connectivity index (χ4v) is 4.30. The summed E-state index contributed by atoms with van der Waals surface area (Å²) in [6, 6.07) is 12.5. The van der Waals surface area contributed by atoms with Gasteiger partial charge in [-0.3, -0.25) is 9.59 Å². The van der Waals surface area contributed by atoms with Crippen molar-refractivity contribution in [3.05, 3.63) is 54.1 Å². The van der Waals surface area contributed by atoms with Crippen molar-refractivity contribution < 1.29 is 27.5 Å². The summed E-state index contributed by atoms with van der Waals surface area (Å²) in [7, 11) is -2.44. The Labute approximate surface area is 163 Å². The number of carbonyl (C=O) groups excluding carboxylic acids is 2. The number of hydrogen-bond donors (Lipinski definition) is 1. The van der Waals surface area contributed by atoms with Crippen molar-refractivity contribution in [2.45, 2.75) is 17.9 Å². The van der Waals surface area contributed by atoms with Gasteiger partial charge >= 0.3 is 0 Å². The van der Waals surface area contributed by atoms with Crippen LogP contribution in [-0.2, 0) is 14.8 Å². The summed E-state index contributed by atoms with van der Waals surface area (Å²) in [6.45, 7) is 1.32. The van der Waals surface area contributed by atoms with Crippen LogP contribution in [0.3, 0.4) is 0 Å². The smallest absolute Gasteiger partial charge is 0.269 e. The van der Waals surface area contributed by atoms with Gasteiger partial charge in [-0.1, -0.05) is 12.1 Å². The van der Waals surface area contributed by atoms with E-state index in [1.165, 1.54) is 18.2 Å². The van der Waals surface area contributed by atoms with Gasteiger partial charge in [-0.05, 0) is 43.3 Å². The molecule has 1 aliphatic rings. The molecule has 0 spiro atoms. The largest absolute Gasteiger partial charge is 0.497 e. The van der Waals surface area contributed by atoms with E-state index in [0.717, 1.165) is 0 Å². The first kappa shape index (κ1) is 19.7. The number of ether oxygens (including phenoxy) is 2. The van der Waals surface area contributed by atoms with Crippen LogP contribution < -0.4 is 14.8 Å². The molecule has 0 fully saturated rings. The molecule has 2 aromatic rings. The lowest BCUT2D eigenvalue weighted by molar-refractivity contribution is -0.121. The van der Waals surface area contributed by atoms with E-state index < -0.39 is 34.4 Å². The Morgan fingerprint density at radius 3 is 2.39 bits per heavy atom. The van der Waals surface area contributed by atoms with Gasteiger partial charge in [-0.2, -0.15) is 0 Å². The van der Waals surface area contributed by atoms with E-state index in [-0.39, 0.29) is 17.1 Å². The number of nitrogens with zero attached hydrogens (tertiary/aromatic N) is 1. The highest BCUT2D eigenvalue weighted by molar-refractivity contribution is 7.90. The summed E-state index contributed by atoms with van der Waals surface area (Å²) < 4.78 is 36.2. The zero-order valence-electron chi connectivity index (χ0n) is 15.4. The molecule has 0 radical (unpaired) electrons. The molecule has 0 bridgehead atoms. The standard InChI is InChI=1S/C19H20N2O6S/c1-13(12-27-15-9-7-14(26-2)8-10-15)20-18(22)11-21-19(23)16-5-3-4-6-17(16)28(21,24)25/h3-10,13H,11-12H2,1-2H3,(H,20,22)/t13-/m1/s1. The number of carbonyl (C=O) groups is 2. The second-order valence-corrected chi connectivity index (χ2v) is 8.10. The molecule has 2 aromatic carbocycles. The molecule has 8 nitrogen and oxygen atoms in total. The van der Waals surface area contributed by atoms with Crippen LogP contribution in [0.25, 0.3) is 0 Å². The van der Waals surface area contributed by atoms with Gasteiger partial charge in [-0.25, -0.2) is 12.7 Å². The first-order valence-corrected chi connectivity index (χ1v) is 9.99. The van der Waals surface area contributed by atoms with Crippen molar-refractivity contribution in [1.29, 1.82) is 0 Å². The fourth-order valence-electron chi connectivity index (χ4n) is 2.77. The fraction of sp³-hybridized carbons (Fsp3) is 0.263. The highest BCUT2D eigenvalue weighted by Crippen LogP contribution is 2.29. The molecule has 2 amide bonds. The molecule has 3 rings (SSSR count). The van der Waals surface area contributed by atoms with E-state index >= 15 is 0 Å². The molecule has 1 atom stereocenters. The number of nitrogens with one attached hydrogen (secondary N) is 1. The van der Waals surface area contributed by atoms with Gasteiger partial charge in [0.25, 0.3) is 15.9 Å². The van der Waals surface area contributed by atoms with E-state index in [1.807, 2.05) is 0 Å². The Balaban J connectivity index is 1.56. The molecule has 1 aliphatic heterocycles. The lowest BCUT2D eigenvalue weighted by atomic mass is 10.2. The molecule has 9 heteroatoms. The minimum absolute atomic E-state index is 0.0752. The van der Waals surface area contributed by atoms with Gasteiger partial charge < -0.3 is 14.8 Å². The second-order valence-electron chi connectivity index (χ2n) is 6.27. The molecule has 28 heavy (non-hydrogen) atoms. The van der Waals surface area contributed by atoms with Gasteiger partial charge in [-0.15, -0.1) is 0 Å². The topological polar surface area (TPSA) is 102 Å². The second kappa shape index (κ2) is 7.89. The lowest BCUT2D eigenvalue weighted by Gasteiger charge is -2.18. The third-order valence-electron chi connectivity index (χ3n) is 4.17. The average Bonchev–Trinajstić information content (AvgIpc) is 2.88. The first-order valence-electron chi connectivity index (χ1n) is 8.55. The third kappa shape index (κ3) is 3.94. The van der Waals surface area contributed by atoms with E-state index in [0.29, 0.717) is 15.8 Å². The van der Waals surface area contributed by atoms with Crippen molar-refractivity contribution in [2.24, 2.45) is 0 Å². The maximum Gasteiger partial charge on any atom is 0.269 e. The minimum Gasteiger partial charge on any atom is -0.497 e. The maximum atomic E-state index is 12.5. The predicted molar refractivity (Wildman–Crippen MR) is 101 cm³/mol. The molecule has 0 aromatic heterocycles. The van der Waals surface area contributed by atoms with Crippen LogP contribution in [0.4, 0.5) is 0 Å². The third-order valence-corrected chi connectivity index (χ3v) is 5.95. The Hall–Kier alpha value is -3.07. The number of sulfonamides is 1. The van der Waals surface area contributed by atoms with Crippen LogP contribution in [0.2, 0.25) is 0 Å². The summed E-state index contributed by atoms with van der Waals surface area (Å²) in [5, 5.41) is 2.64. The molecule has 1 heterocycles. The average molecular weight is 404 g/mol. The van der Waals surface area contributed by atoms with Gasteiger partial charge in [0.1, 0.15) is 29.5 Å². The zero-order chi connectivity index (χ0) is 20.3. The van der Waals surface area contributed by atoms with E-state index in [4.69, 9.17) is 9.47 Å². The summed E-state index contributed by atoms with van der Waals surface area (Å²) >= 11 is 0. The van der Waals surface area contributed by atoms with Gasteiger partial charge in [0.2, 0.25) is 5.91 Å². The molecule has 0 unspecified atom stereocenters. The molecular formula is C19H20N2O6S. The highest BCUT2D eigenvalue weighted by atomic mass is 32.2. The monoisotopic (exact) mass is 404 g/mol. The molecule has 0 saturated heterocycles. The van der Waals surface area contributed by atoms with Crippen LogP contribution in [0.5, 0.6) is 11.5 Å². The van der Waals surface area contributed by atoms with Crippen LogP contribution in [0, 0.1) is 0 Å². The molecule has 1 N–H and O–H groups in total. The molecule has 0 saturated carbocycles. The Kier molecular flexibility index (Phi) is 5.55.